The Kier molecular flexibility index (Phi) is 4.55. The minimum Gasteiger partial charge on any atom is -0.364 e. The first-order chi connectivity index (χ1) is 13.1. The first-order valence-corrected chi connectivity index (χ1v) is 9.41. The zero-order valence-corrected chi connectivity index (χ0v) is 15.4. The van der Waals surface area contributed by atoms with Gasteiger partial charge in [0.2, 0.25) is 5.91 Å². The Morgan fingerprint density at radius 2 is 2.22 bits per heavy atom. The summed E-state index contributed by atoms with van der Waals surface area (Å²) in [6.07, 6.45) is 7.09. The highest BCUT2D eigenvalue weighted by molar-refractivity contribution is 6.04. The molecule has 8 nitrogen and oxygen atoms in total. The number of hydrogen-bond acceptors (Lipinski definition) is 5. The van der Waals surface area contributed by atoms with E-state index in [0.717, 1.165) is 6.54 Å². The van der Waals surface area contributed by atoms with Crippen molar-refractivity contribution in [1.82, 2.24) is 25.2 Å². The van der Waals surface area contributed by atoms with E-state index >= 15 is 0 Å². The quantitative estimate of drug-likeness (QED) is 0.671. The lowest BCUT2D eigenvalue weighted by molar-refractivity contribution is -0.125. The smallest absolute Gasteiger partial charge is 0.255 e. The lowest BCUT2D eigenvalue weighted by Crippen LogP contribution is -2.31. The topological polar surface area (TPSA) is 103 Å². The van der Waals surface area contributed by atoms with Gasteiger partial charge >= 0.3 is 0 Å². The molecule has 4 rings (SSSR count). The van der Waals surface area contributed by atoms with Crippen LogP contribution in [0.25, 0.3) is 11.2 Å². The number of carbonyl (C=O) groups is 2. The van der Waals surface area contributed by atoms with E-state index in [0.29, 0.717) is 47.5 Å². The number of nitrogens with zero attached hydrogens (tertiary/aromatic N) is 3. The fraction of sp³-hybridized carbons (Fsp3) is 0.474. The molecule has 27 heavy (non-hydrogen) atoms. The second kappa shape index (κ2) is 7.02. The highest BCUT2D eigenvalue weighted by Crippen LogP contribution is 2.42. The highest BCUT2D eigenvalue weighted by atomic mass is 16.2. The molecule has 8 heteroatoms. The molecule has 142 valence electrons. The van der Waals surface area contributed by atoms with Crippen molar-refractivity contribution in [3.8, 4) is 0 Å². The summed E-state index contributed by atoms with van der Waals surface area (Å²) in [5, 5.41) is 6.24. The van der Waals surface area contributed by atoms with Gasteiger partial charge in [-0.1, -0.05) is 6.58 Å². The zero-order chi connectivity index (χ0) is 19.0. The fourth-order valence-corrected chi connectivity index (χ4v) is 3.87. The van der Waals surface area contributed by atoms with Gasteiger partial charge in [-0.3, -0.25) is 9.59 Å². The van der Waals surface area contributed by atoms with Crippen molar-refractivity contribution < 1.29 is 9.59 Å². The van der Waals surface area contributed by atoms with Gasteiger partial charge in [-0.2, -0.15) is 0 Å². The molecule has 1 saturated carbocycles. The number of nitrogens with one attached hydrogen (secondary N) is 3. The molecule has 2 aromatic heterocycles. The molecule has 0 bridgehead atoms. The largest absolute Gasteiger partial charge is 0.364 e. The summed E-state index contributed by atoms with van der Waals surface area (Å²) < 4.78 is 0. The Balaban J connectivity index is 1.56. The predicted molar refractivity (Wildman–Crippen MR) is 102 cm³/mol. The van der Waals surface area contributed by atoms with Crippen LogP contribution >= 0.6 is 0 Å². The number of rotatable bonds is 6. The molecule has 3 heterocycles. The molecule has 0 aromatic carbocycles. The van der Waals surface area contributed by atoms with E-state index in [4.69, 9.17) is 0 Å². The number of likely N-dealkylation sites (tertiary alicyclic amines) is 1. The SMILES string of the molecule is C=CC(=O)N1C[C@H](C2CC2)[C@H](Nc2cnc3[nH]cc(C(=O)NCC)c3n2)C1. The van der Waals surface area contributed by atoms with Gasteiger partial charge in [-0.15, -0.1) is 0 Å². The molecular weight excluding hydrogens is 344 g/mol. The van der Waals surface area contributed by atoms with E-state index in [1.54, 1.807) is 12.4 Å². The molecule has 0 radical (unpaired) electrons. The number of aromatic amines is 1. The van der Waals surface area contributed by atoms with Gasteiger partial charge in [-0.25, -0.2) is 9.97 Å². The average Bonchev–Trinajstić information content (AvgIpc) is 3.29. The number of anilines is 1. The van der Waals surface area contributed by atoms with Gasteiger partial charge in [0.05, 0.1) is 11.8 Å². The van der Waals surface area contributed by atoms with Crippen LogP contribution in [0.15, 0.2) is 25.0 Å². The molecule has 2 fully saturated rings. The van der Waals surface area contributed by atoms with E-state index in [1.807, 2.05) is 11.8 Å². The third-order valence-electron chi connectivity index (χ3n) is 5.37. The normalized spacial score (nSPS) is 22.0. The van der Waals surface area contributed by atoms with Crippen molar-refractivity contribution in [2.45, 2.75) is 25.8 Å². The van der Waals surface area contributed by atoms with Gasteiger partial charge in [0, 0.05) is 37.8 Å². The Morgan fingerprint density at radius 3 is 2.93 bits per heavy atom. The Bertz CT molecular complexity index is 887. The van der Waals surface area contributed by atoms with Crippen LogP contribution in [0.5, 0.6) is 0 Å². The first-order valence-electron chi connectivity index (χ1n) is 9.41. The molecule has 2 atom stereocenters. The molecule has 3 N–H and O–H groups in total. The van der Waals surface area contributed by atoms with Crippen LogP contribution in [0.2, 0.25) is 0 Å². The molecule has 2 amide bonds. The summed E-state index contributed by atoms with van der Waals surface area (Å²) in [6.45, 7) is 7.39. The van der Waals surface area contributed by atoms with E-state index < -0.39 is 0 Å². The number of aromatic nitrogens is 3. The number of fused-ring (bicyclic) bond motifs is 1. The van der Waals surface area contributed by atoms with Gasteiger partial charge < -0.3 is 20.5 Å². The summed E-state index contributed by atoms with van der Waals surface area (Å²) in [5.74, 6) is 1.47. The van der Waals surface area contributed by atoms with Crippen molar-refractivity contribution in [2.75, 3.05) is 25.0 Å². The number of hydrogen-bond donors (Lipinski definition) is 3. The maximum atomic E-state index is 12.2. The van der Waals surface area contributed by atoms with Crippen LogP contribution < -0.4 is 10.6 Å². The Labute approximate surface area is 157 Å². The Hall–Kier alpha value is -2.90. The van der Waals surface area contributed by atoms with Crippen LogP contribution in [0.4, 0.5) is 5.82 Å². The summed E-state index contributed by atoms with van der Waals surface area (Å²) in [5.41, 5.74) is 1.61. The van der Waals surface area contributed by atoms with Crippen LogP contribution in [0.1, 0.15) is 30.1 Å². The minimum atomic E-state index is -0.172. The average molecular weight is 368 g/mol. The van der Waals surface area contributed by atoms with Gasteiger partial charge in [0.1, 0.15) is 11.3 Å². The molecule has 1 aliphatic carbocycles. The minimum absolute atomic E-state index is 0.0318. The van der Waals surface area contributed by atoms with Crippen LogP contribution in [0, 0.1) is 11.8 Å². The monoisotopic (exact) mass is 368 g/mol. The predicted octanol–water partition coefficient (Wildman–Crippen LogP) is 1.54. The highest BCUT2D eigenvalue weighted by Gasteiger charge is 2.43. The molecule has 2 aromatic rings. The number of H-pyrrole nitrogens is 1. The lowest BCUT2D eigenvalue weighted by Gasteiger charge is -2.19. The number of carbonyl (C=O) groups excluding carboxylic acids is 2. The molecule has 0 spiro atoms. The fourth-order valence-electron chi connectivity index (χ4n) is 3.87. The van der Waals surface area contributed by atoms with Crippen molar-refractivity contribution >= 4 is 28.8 Å². The number of amides is 2. The second-order valence-electron chi connectivity index (χ2n) is 7.21. The second-order valence-corrected chi connectivity index (χ2v) is 7.21. The van der Waals surface area contributed by atoms with Crippen molar-refractivity contribution in [3.05, 3.63) is 30.6 Å². The van der Waals surface area contributed by atoms with Crippen LogP contribution in [-0.2, 0) is 4.79 Å². The van der Waals surface area contributed by atoms with Crippen LogP contribution in [0.3, 0.4) is 0 Å². The van der Waals surface area contributed by atoms with E-state index in [1.165, 1.54) is 18.9 Å². The molecular formula is C19H24N6O2. The third kappa shape index (κ3) is 3.39. The van der Waals surface area contributed by atoms with E-state index in [9.17, 15) is 9.59 Å². The summed E-state index contributed by atoms with van der Waals surface area (Å²) in [7, 11) is 0. The van der Waals surface area contributed by atoms with E-state index in [-0.39, 0.29) is 17.9 Å². The van der Waals surface area contributed by atoms with Gasteiger partial charge in [0.25, 0.3) is 5.91 Å². The van der Waals surface area contributed by atoms with E-state index in [2.05, 4.69) is 32.2 Å². The maximum absolute atomic E-state index is 12.2. The summed E-state index contributed by atoms with van der Waals surface area (Å²) in [6, 6.07) is 0.125. The molecule has 1 aliphatic heterocycles. The zero-order valence-electron chi connectivity index (χ0n) is 15.4. The van der Waals surface area contributed by atoms with Gasteiger partial charge in [0.15, 0.2) is 5.65 Å². The van der Waals surface area contributed by atoms with Crippen LogP contribution in [-0.4, -0.2) is 57.3 Å². The molecule has 1 saturated heterocycles. The summed E-state index contributed by atoms with van der Waals surface area (Å²) in [4.78, 5) is 38.1. The van der Waals surface area contributed by atoms with Crippen molar-refractivity contribution in [3.63, 3.8) is 0 Å². The van der Waals surface area contributed by atoms with Crippen molar-refractivity contribution in [1.29, 1.82) is 0 Å². The Morgan fingerprint density at radius 1 is 1.41 bits per heavy atom. The third-order valence-corrected chi connectivity index (χ3v) is 5.37. The lowest BCUT2D eigenvalue weighted by atomic mass is 9.98. The molecule has 0 unspecified atom stereocenters. The first kappa shape index (κ1) is 17.5. The van der Waals surface area contributed by atoms with Gasteiger partial charge in [-0.05, 0) is 31.8 Å². The standard InChI is InChI=1S/C19H24N6O2/c1-3-16(26)25-9-13(11-5-6-11)14(10-25)23-15-8-22-18-17(24-15)12(7-21-18)19(27)20-4-2/h3,7-8,11,13-14H,1,4-6,9-10H2,2H3,(H,20,27)(H,21,22)(H,23,24)/t13-,14-/m1/s1. The van der Waals surface area contributed by atoms with Crippen molar-refractivity contribution in [2.24, 2.45) is 11.8 Å². The maximum Gasteiger partial charge on any atom is 0.255 e. The summed E-state index contributed by atoms with van der Waals surface area (Å²) >= 11 is 0. The molecule has 2 aliphatic rings.